The van der Waals surface area contributed by atoms with E-state index in [0.29, 0.717) is 27.8 Å². The number of aryl methyl sites for hydroxylation is 1. The highest BCUT2D eigenvalue weighted by molar-refractivity contribution is 7.13. The average molecular weight is 414 g/mol. The van der Waals surface area contributed by atoms with E-state index in [4.69, 9.17) is 14.2 Å². The molecule has 0 amide bonds. The molecule has 0 fully saturated rings. The molecular weight excluding hydrogens is 396 g/mol. The van der Waals surface area contributed by atoms with Gasteiger partial charge in [0.05, 0.1) is 36.0 Å². The molecule has 29 heavy (non-hydrogen) atoms. The topological polar surface area (TPSA) is 101 Å². The molecule has 0 N–H and O–H groups in total. The smallest absolute Gasteiger partial charge is 0.338 e. The van der Waals surface area contributed by atoms with Crippen molar-refractivity contribution >= 4 is 23.0 Å². The molecule has 3 rings (SSSR count). The van der Waals surface area contributed by atoms with Gasteiger partial charge in [-0.3, -0.25) is 10.1 Å². The Labute approximate surface area is 170 Å². The van der Waals surface area contributed by atoms with E-state index in [1.807, 2.05) is 12.1 Å². The Kier molecular flexibility index (Phi) is 6.08. The van der Waals surface area contributed by atoms with E-state index in [1.165, 1.54) is 29.5 Å². The Bertz CT molecular complexity index is 1060. The van der Waals surface area contributed by atoms with Gasteiger partial charge >= 0.3 is 5.97 Å². The summed E-state index contributed by atoms with van der Waals surface area (Å²) in [6.07, 6.45) is 0. The van der Waals surface area contributed by atoms with Crippen molar-refractivity contribution in [2.75, 3.05) is 14.2 Å². The number of nitro benzene ring substituents is 1. The molecule has 0 bridgehead atoms. The van der Waals surface area contributed by atoms with E-state index in [9.17, 15) is 14.9 Å². The molecule has 0 saturated carbocycles. The van der Waals surface area contributed by atoms with Crippen molar-refractivity contribution in [1.29, 1.82) is 0 Å². The number of carbonyl (C=O) groups excluding carboxylic acids is 1. The van der Waals surface area contributed by atoms with Crippen molar-refractivity contribution in [3.05, 3.63) is 68.7 Å². The molecule has 150 valence electrons. The van der Waals surface area contributed by atoms with Crippen LogP contribution in [0.25, 0.3) is 10.6 Å². The van der Waals surface area contributed by atoms with Gasteiger partial charge in [0.1, 0.15) is 11.6 Å². The number of hydrogen-bond donors (Lipinski definition) is 0. The lowest BCUT2D eigenvalue weighted by Gasteiger charge is -2.10. The summed E-state index contributed by atoms with van der Waals surface area (Å²) in [5.74, 6) is 0.604. The molecule has 0 unspecified atom stereocenters. The first-order valence-electron chi connectivity index (χ1n) is 8.52. The zero-order valence-electron chi connectivity index (χ0n) is 16.0. The SMILES string of the molecule is COc1cccc(-c2nc(COC(=O)c3ccc([N+](=O)[O-])c(C)c3)cs2)c1OC. The van der Waals surface area contributed by atoms with Gasteiger partial charge in [-0.1, -0.05) is 6.07 Å². The van der Waals surface area contributed by atoms with Gasteiger partial charge in [0.15, 0.2) is 11.5 Å². The Morgan fingerprint density at radius 3 is 2.66 bits per heavy atom. The minimum Gasteiger partial charge on any atom is -0.493 e. The molecule has 0 aliphatic carbocycles. The molecule has 9 heteroatoms. The Hall–Kier alpha value is -3.46. The Morgan fingerprint density at radius 1 is 1.21 bits per heavy atom. The van der Waals surface area contributed by atoms with Gasteiger partial charge in [-0.2, -0.15) is 0 Å². The van der Waals surface area contributed by atoms with Crippen LogP contribution in [0.3, 0.4) is 0 Å². The summed E-state index contributed by atoms with van der Waals surface area (Å²) in [6.45, 7) is 1.56. The van der Waals surface area contributed by atoms with Gasteiger partial charge in [-0.05, 0) is 31.2 Å². The Morgan fingerprint density at radius 2 is 2.00 bits per heavy atom. The summed E-state index contributed by atoms with van der Waals surface area (Å²) in [5.41, 5.74) is 1.96. The first-order valence-corrected chi connectivity index (χ1v) is 9.40. The van der Waals surface area contributed by atoms with Crippen LogP contribution in [-0.4, -0.2) is 30.1 Å². The van der Waals surface area contributed by atoms with Crippen molar-refractivity contribution in [2.45, 2.75) is 13.5 Å². The molecule has 1 aromatic heterocycles. The van der Waals surface area contributed by atoms with E-state index >= 15 is 0 Å². The molecule has 0 spiro atoms. The normalized spacial score (nSPS) is 10.4. The lowest BCUT2D eigenvalue weighted by atomic mass is 10.1. The number of thiazole rings is 1. The molecule has 2 aromatic carbocycles. The van der Waals surface area contributed by atoms with Crippen molar-refractivity contribution in [2.24, 2.45) is 0 Å². The summed E-state index contributed by atoms with van der Waals surface area (Å²) < 4.78 is 16.0. The number of para-hydroxylation sites is 1. The summed E-state index contributed by atoms with van der Waals surface area (Å²) in [6, 6.07) is 9.62. The largest absolute Gasteiger partial charge is 0.493 e. The fraction of sp³-hybridized carbons (Fsp3) is 0.200. The minimum absolute atomic E-state index is 0.0162. The number of aromatic nitrogens is 1. The zero-order chi connectivity index (χ0) is 21.0. The van der Waals surface area contributed by atoms with Crippen LogP contribution in [0.1, 0.15) is 21.6 Å². The van der Waals surface area contributed by atoms with Crippen LogP contribution in [0.15, 0.2) is 41.8 Å². The summed E-state index contributed by atoms with van der Waals surface area (Å²) in [5, 5.41) is 13.4. The number of benzene rings is 2. The lowest BCUT2D eigenvalue weighted by Crippen LogP contribution is -2.06. The maximum atomic E-state index is 12.3. The van der Waals surface area contributed by atoms with Crippen molar-refractivity contribution in [1.82, 2.24) is 4.98 Å². The number of rotatable bonds is 7. The summed E-state index contributed by atoms with van der Waals surface area (Å²) >= 11 is 1.39. The monoisotopic (exact) mass is 414 g/mol. The average Bonchev–Trinajstić information content (AvgIpc) is 3.19. The van der Waals surface area contributed by atoms with E-state index in [1.54, 1.807) is 32.6 Å². The molecule has 3 aromatic rings. The molecule has 0 radical (unpaired) electrons. The number of hydrogen-bond acceptors (Lipinski definition) is 8. The van der Waals surface area contributed by atoms with Crippen LogP contribution in [0.4, 0.5) is 5.69 Å². The molecule has 0 atom stereocenters. The van der Waals surface area contributed by atoms with Crippen LogP contribution in [-0.2, 0) is 11.3 Å². The summed E-state index contributed by atoms with van der Waals surface area (Å²) in [7, 11) is 3.12. The number of esters is 1. The first kappa shape index (κ1) is 20.3. The predicted octanol–water partition coefficient (Wildman–Crippen LogP) is 4.40. The standard InChI is InChI=1S/C20H18N2O6S/c1-12-9-13(7-8-16(12)22(24)25)20(23)28-10-14-11-29-19(21-14)15-5-4-6-17(26-2)18(15)27-3/h4-9,11H,10H2,1-3H3. The molecule has 1 heterocycles. The van der Waals surface area contributed by atoms with Crippen LogP contribution in [0.2, 0.25) is 0 Å². The number of ether oxygens (including phenoxy) is 3. The number of nitro groups is 1. The third kappa shape index (κ3) is 4.35. The highest BCUT2D eigenvalue weighted by Gasteiger charge is 2.17. The van der Waals surface area contributed by atoms with Gasteiger partial charge in [-0.15, -0.1) is 11.3 Å². The second-order valence-corrected chi connectivity index (χ2v) is 6.88. The molecule has 0 aliphatic rings. The number of methoxy groups -OCH3 is 2. The quantitative estimate of drug-likeness (QED) is 0.321. The van der Waals surface area contributed by atoms with Crippen molar-refractivity contribution < 1.29 is 23.9 Å². The second kappa shape index (κ2) is 8.70. The first-order chi connectivity index (χ1) is 13.9. The predicted molar refractivity (Wildman–Crippen MR) is 108 cm³/mol. The van der Waals surface area contributed by atoms with E-state index in [0.717, 1.165) is 5.56 Å². The summed E-state index contributed by atoms with van der Waals surface area (Å²) in [4.78, 5) is 27.2. The van der Waals surface area contributed by atoms with Crippen LogP contribution >= 0.6 is 11.3 Å². The fourth-order valence-electron chi connectivity index (χ4n) is 2.76. The highest BCUT2D eigenvalue weighted by atomic mass is 32.1. The maximum absolute atomic E-state index is 12.3. The molecular formula is C20H18N2O6S. The van der Waals surface area contributed by atoms with E-state index in [-0.39, 0.29) is 17.9 Å². The third-order valence-corrected chi connectivity index (χ3v) is 5.09. The van der Waals surface area contributed by atoms with Gasteiger partial charge in [-0.25, -0.2) is 9.78 Å². The molecule has 8 nitrogen and oxygen atoms in total. The van der Waals surface area contributed by atoms with Crippen LogP contribution < -0.4 is 9.47 Å². The molecule has 0 saturated heterocycles. The number of nitrogens with zero attached hydrogens (tertiary/aromatic N) is 2. The number of carbonyl (C=O) groups is 1. The second-order valence-electron chi connectivity index (χ2n) is 6.02. The molecule has 0 aliphatic heterocycles. The van der Waals surface area contributed by atoms with Crippen molar-refractivity contribution in [3.63, 3.8) is 0 Å². The van der Waals surface area contributed by atoms with Crippen LogP contribution in [0.5, 0.6) is 11.5 Å². The van der Waals surface area contributed by atoms with Gasteiger partial charge in [0, 0.05) is 17.0 Å². The minimum atomic E-state index is -0.573. The van der Waals surface area contributed by atoms with E-state index < -0.39 is 10.9 Å². The third-order valence-electron chi connectivity index (χ3n) is 4.17. The lowest BCUT2D eigenvalue weighted by molar-refractivity contribution is -0.385. The van der Waals surface area contributed by atoms with Gasteiger partial charge < -0.3 is 14.2 Å². The zero-order valence-corrected chi connectivity index (χ0v) is 16.8. The Balaban J connectivity index is 1.72. The highest BCUT2D eigenvalue weighted by Crippen LogP contribution is 2.39. The maximum Gasteiger partial charge on any atom is 0.338 e. The fourth-order valence-corrected chi connectivity index (χ4v) is 3.59. The van der Waals surface area contributed by atoms with Crippen LogP contribution in [0, 0.1) is 17.0 Å². The van der Waals surface area contributed by atoms with E-state index in [2.05, 4.69) is 4.98 Å². The van der Waals surface area contributed by atoms with Gasteiger partial charge in [0.2, 0.25) is 0 Å². The van der Waals surface area contributed by atoms with Crippen molar-refractivity contribution in [3.8, 4) is 22.1 Å². The van der Waals surface area contributed by atoms with Gasteiger partial charge in [0.25, 0.3) is 5.69 Å².